The molecule has 1 unspecified atom stereocenters. The number of carbonyl (C=O) groups is 1. The predicted molar refractivity (Wildman–Crippen MR) is 222 cm³/mol. The van der Waals surface area contributed by atoms with Gasteiger partial charge in [0.05, 0.1) is 11.4 Å². The average Bonchev–Trinajstić information content (AvgIpc) is 3.97. The number of anilines is 2. The highest BCUT2D eigenvalue weighted by molar-refractivity contribution is 7.99. The lowest BCUT2D eigenvalue weighted by molar-refractivity contribution is -0.118. The largest absolute Gasteiger partial charge is 0.483 e. The van der Waals surface area contributed by atoms with Crippen molar-refractivity contribution in [1.29, 1.82) is 0 Å². The van der Waals surface area contributed by atoms with E-state index in [0.29, 0.717) is 32.2 Å². The quantitative estimate of drug-likeness (QED) is 0.0706. The Balaban J connectivity index is 1.04. The van der Waals surface area contributed by atoms with Gasteiger partial charge in [-0.3, -0.25) is 14.7 Å². The van der Waals surface area contributed by atoms with Crippen molar-refractivity contribution in [2.45, 2.75) is 113 Å². The number of carbonyl (C=O) groups excluding carboxylic acids is 1. The molecule has 0 spiro atoms. The van der Waals surface area contributed by atoms with Gasteiger partial charge in [-0.1, -0.05) is 108 Å². The monoisotopic (exact) mass is 784 g/mol. The van der Waals surface area contributed by atoms with E-state index in [2.05, 4.69) is 44.7 Å². The van der Waals surface area contributed by atoms with Crippen molar-refractivity contribution in [2.75, 3.05) is 29.9 Å². The standard InChI is InChI=1S/C42H53ClN8O3S/c1-3-4-5-6-7-8-9-10-11-13-18-31(2)36-29-32(43)21-26-37(36)54-30-38(52)44-33-22-24-35(25-23-33)50-41(53)39(40(46-50)49-27-16-17-28-49)55-42-45-47-48-51(42)34-19-14-12-15-20-34/h12,14-15,19-26,29,31,46H,3-11,13,16-18,27-28,30H2,1-2H3,(H,44,52). The van der Waals surface area contributed by atoms with Crippen LogP contribution in [0.1, 0.15) is 109 Å². The van der Waals surface area contributed by atoms with Gasteiger partial charge in [-0.2, -0.15) is 4.68 Å². The molecule has 6 rings (SSSR count). The van der Waals surface area contributed by atoms with E-state index in [1.165, 1.54) is 74.2 Å². The number of H-pyrrole nitrogens is 1. The number of halogens is 1. The number of nitrogens with zero attached hydrogens (tertiary/aromatic N) is 6. The first-order chi connectivity index (χ1) is 26.9. The first-order valence-corrected chi connectivity index (χ1v) is 21.0. The summed E-state index contributed by atoms with van der Waals surface area (Å²) in [6, 6.07) is 22.4. The van der Waals surface area contributed by atoms with Crippen LogP contribution < -0.4 is 20.5 Å². The maximum absolute atomic E-state index is 14.0. The molecule has 1 aliphatic rings. The topological polar surface area (TPSA) is 123 Å². The Morgan fingerprint density at radius 2 is 1.60 bits per heavy atom. The Bertz CT molecular complexity index is 2010. The van der Waals surface area contributed by atoms with Crippen molar-refractivity contribution >= 4 is 40.8 Å². The Morgan fingerprint density at radius 3 is 2.31 bits per heavy atom. The van der Waals surface area contributed by atoms with Crippen LogP contribution in [0, 0.1) is 0 Å². The minimum Gasteiger partial charge on any atom is -0.483 e. The Morgan fingerprint density at radius 1 is 0.909 bits per heavy atom. The molecule has 1 aliphatic heterocycles. The van der Waals surface area contributed by atoms with Crippen molar-refractivity contribution in [3.8, 4) is 17.1 Å². The molecular formula is C42H53ClN8O3S. The van der Waals surface area contributed by atoms with Crippen LogP contribution in [0.15, 0.2) is 87.6 Å². The maximum Gasteiger partial charge on any atom is 0.287 e. The molecule has 1 fully saturated rings. The summed E-state index contributed by atoms with van der Waals surface area (Å²) in [6.07, 6.45) is 16.2. The summed E-state index contributed by atoms with van der Waals surface area (Å²) in [6.45, 7) is 6.02. The van der Waals surface area contributed by atoms with Crippen LogP contribution >= 0.6 is 23.4 Å². The van der Waals surface area contributed by atoms with Crippen molar-refractivity contribution in [1.82, 2.24) is 30.0 Å². The zero-order valence-electron chi connectivity index (χ0n) is 32.0. The zero-order chi connectivity index (χ0) is 38.4. The van der Waals surface area contributed by atoms with E-state index in [1.54, 1.807) is 35.0 Å². The Hall–Kier alpha value is -4.55. The minimum atomic E-state index is -0.279. The second-order valence-electron chi connectivity index (χ2n) is 14.4. The third-order valence-electron chi connectivity index (χ3n) is 10.1. The van der Waals surface area contributed by atoms with Crippen molar-refractivity contribution in [3.05, 3.63) is 93.7 Å². The number of amides is 1. The fourth-order valence-electron chi connectivity index (χ4n) is 7.07. The van der Waals surface area contributed by atoms with Gasteiger partial charge in [-0.25, -0.2) is 4.68 Å². The summed E-state index contributed by atoms with van der Waals surface area (Å²) in [4.78, 5) is 29.7. The highest BCUT2D eigenvalue weighted by atomic mass is 35.5. The fourth-order valence-corrected chi connectivity index (χ4v) is 8.19. The van der Waals surface area contributed by atoms with Gasteiger partial charge in [0.15, 0.2) is 6.61 Å². The normalized spacial score (nSPS) is 13.3. The third-order valence-corrected chi connectivity index (χ3v) is 11.4. The molecule has 1 saturated heterocycles. The lowest BCUT2D eigenvalue weighted by Gasteiger charge is -2.17. The van der Waals surface area contributed by atoms with Gasteiger partial charge in [0.1, 0.15) is 16.5 Å². The number of ether oxygens (including phenoxy) is 1. The molecule has 0 saturated carbocycles. The summed E-state index contributed by atoms with van der Waals surface area (Å²) in [5, 5.41) is 19.7. The number of tetrazole rings is 1. The lowest BCUT2D eigenvalue weighted by Crippen LogP contribution is -2.21. The molecule has 0 aliphatic carbocycles. The first-order valence-electron chi connectivity index (χ1n) is 19.9. The molecule has 5 aromatic rings. The predicted octanol–water partition coefficient (Wildman–Crippen LogP) is 9.98. The van der Waals surface area contributed by atoms with Crippen LogP contribution in [0.5, 0.6) is 5.75 Å². The van der Waals surface area contributed by atoms with Crippen LogP contribution in [0.25, 0.3) is 11.4 Å². The molecule has 3 heterocycles. The third kappa shape index (κ3) is 11.0. The summed E-state index contributed by atoms with van der Waals surface area (Å²) in [5.74, 6) is 1.41. The van der Waals surface area contributed by atoms with Crippen LogP contribution in [0.4, 0.5) is 11.5 Å². The van der Waals surface area contributed by atoms with E-state index in [4.69, 9.17) is 16.3 Å². The van der Waals surface area contributed by atoms with Gasteiger partial charge in [-0.05, 0) is 108 Å². The highest BCUT2D eigenvalue weighted by Crippen LogP contribution is 2.35. The van der Waals surface area contributed by atoms with Crippen molar-refractivity contribution in [2.24, 2.45) is 0 Å². The summed E-state index contributed by atoms with van der Waals surface area (Å²) < 4.78 is 9.21. The molecule has 11 nitrogen and oxygen atoms in total. The zero-order valence-corrected chi connectivity index (χ0v) is 33.6. The van der Waals surface area contributed by atoms with Crippen molar-refractivity contribution in [3.63, 3.8) is 0 Å². The number of rotatable bonds is 21. The number of aromatic amines is 1. The molecule has 292 valence electrons. The molecule has 3 aromatic carbocycles. The Kier molecular flexibility index (Phi) is 14.9. The van der Waals surface area contributed by atoms with E-state index in [1.807, 2.05) is 42.5 Å². The summed E-state index contributed by atoms with van der Waals surface area (Å²) >= 11 is 7.64. The van der Waals surface area contributed by atoms with E-state index in [9.17, 15) is 9.59 Å². The van der Waals surface area contributed by atoms with Crippen LogP contribution in [-0.4, -0.2) is 55.6 Å². The number of para-hydroxylation sites is 1. The van der Waals surface area contributed by atoms with Gasteiger partial charge in [0.2, 0.25) is 5.16 Å². The molecule has 55 heavy (non-hydrogen) atoms. The average molecular weight is 785 g/mol. The van der Waals surface area contributed by atoms with Gasteiger partial charge in [0.25, 0.3) is 11.5 Å². The molecule has 1 amide bonds. The van der Waals surface area contributed by atoms with E-state index in [0.717, 1.165) is 55.8 Å². The first kappa shape index (κ1) is 40.1. The van der Waals surface area contributed by atoms with Crippen LogP contribution in [0.3, 0.4) is 0 Å². The second kappa shape index (κ2) is 20.4. The molecule has 13 heteroatoms. The van der Waals surface area contributed by atoms with Gasteiger partial charge in [-0.15, -0.1) is 5.10 Å². The smallest absolute Gasteiger partial charge is 0.287 e. The number of nitrogens with one attached hydrogen (secondary N) is 2. The number of benzene rings is 3. The van der Waals surface area contributed by atoms with Gasteiger partial charge in [0, 0.05) is 23.8 Å². The fraction of sp³-hybridized carbons (Fsp3) is 0.452. The van der Waals surface area contributed by atoms with Crippen molar-refractivity contribution < 1.29 is 9.53 Å². The van der Waals surface area contributed by atoms with Crippen LogP contribution in [-0.2, 0) is 4.79 Å². The molecule has 0 bridgehead atoms. The summed E-state index contributed by atoms with van der Waals surface area (Å²) in [5.41, 5.74) is 2.86. The minimum absolute atomic E-state index is 0.139. The molecular weight excluding hydrogens is 732 g/mol. The lowest BCUT2D eigenvalue weighted by atomic mass is 9.94. The Labute approximate surface area is 333 Å². The molecule has 2 aromatic heterocycles. The SMILES string of the molecule is CCCCCCCCCCCCC(C)c1cc(Cl)ccc1OCC(=O)Nc1ccc(-n2[nH]c(N3CCCC3)c(Sc3nnnn3-c3ccccc3)c2=O)cc1. The maximum atomic E-state index is 14.0. The highest BCUT2D eigenvalue weighted by Gasteiger charge is 2.26. The van der Waals surface area contributed by atoms with Gasteiger partial charge >= 0.3 is 0 Å². The molecule has 0 radical (unpaired) electrons. The number of aromatic nitrogens is 6. The van der Waals surface area contributed by atoms with Gasteiger partial charge < -0.3 is 15.0 Å². The molecule has 2 N–H and O–H groups in total. The number of unbranched alkanes of at least 4 members (excludes halogenated alkanes) is 9. The van der Waals surface area contributed by atoms with Crippen LogP contribution in [0.2, 0.25) is 5.02 Å². The number of hydrogen-bond donors (Lipinski definition) is 2. The van der Waals surface area contributed by atoms with E-state index < -0.39 is 0 Å². The second-order valence-corrected chi connectivity index (χ2v) is 15.8. The summed E-state index contributed by atoms with van der Waals surface area (Å²) in [7, 11) is 0. The number of hydrogen-bond acceptors (Lipinski definition) is 8. The van der Waals surface area contributed by atoms with E-state index >= 15 is 0 Å². The molecule has 1 atom stereocenters. The van der Waals surface area contributed by atoms with E-state index in [-0.39, 0.29) is 24.0 Å².